The van der Waals surface area contributed by atoms with Gasteiger partial charge in [0.05, 0.1) is 21.7 Å². The van der Waals surface area contributed by atoms with E-state index in [4.69, 9.17) is 5.26 Å². The Labute approximate surface area is 74.5 Å². The highest BCUT2D eigenvalue weighted by molar-refractivity contribution is 9.08. The lowest BCUT2D eigenvalue weighted by Gasteiger charge is -2.04. The Bertz CT molecular complexity index is 334. The third-order valence-electron chi connectivity index (χ3n) is 1.19. The molecule has 0 saturated heterocycles. The second kappa shape index (κ2) is 2.83. The molecule has 1 heterocycles. The first-order valence-corrected chi connectivity index (χ1v) is 3.52. The summed E-state index contributed by atoms with van der Waals surface area (Å²) in [4.78, 5) is 0. The van der Waals surface area contributed by atoms with Crippen LogP contribution in [0.2, 0.25) is 0 Å². The molecule has 0 fully saturated rings. The number of alkyl halides is 3. The van der Waals surface area contributed by atoms with Crippen LogP contribution >= 0.6 is 16.1 Å². The van der Waals surface area contributed by atoms with E-state index < -0.39 is 11.9 Å². The van der Waals surface area contributed by atoms with E-state index in [9.17, 15) is 13.2 Å². The predicted octanol–water partition coefficient (Wildman–Crippen LogP) is 2.54. The van der Waals surface area contributed by atoms with Gasteiger partial charge in [-0.05, 0) is 6.07 Å². The maximum absolute atomic E-state index is 12.0. The molecular weight excluding hydrogens is 237 g/mol. The average Bonchev–Trinajstić information content (AvgIpc) is 2.29. The van der Waals surface area contributed by atoms with Crippen LogP contribution in [-0.2, 0) is 6.18 Å². The molecule has 64 valence electrons. The molecule has 2 nitrogen and oxygen atoms in total. The fourth-order valence-corrected chi connectivity index (χ4v) is 1.23. The van der Waals surface area contributed by atoms with E-state index >= 15 is 0 Å². The van der Waals surface area contributed by atoms with Crippen LogP contribution in [0.1, 0.15) is 11.3 Å². The molecule has 0 amide bonds. The molecule has 1 aromatic heterocycles. The van der Waals surface area contributed by atoms with E-state index in [2.05, 4.69) is 16.1 Å². The van der Waals surface area contributed by atoms with E-state index in [0.29, 0.717) is 3.59 Å². The van der Waals surface area contributed by atoms with Crippen LogP contribution in [0.3, 0.4) is 0 Å². The van der Waals surface area contributed by atoms with Crippen LogP contribution in [0.15, 0.2) is 12.3 Å². The van der Waals surface area contributed by atoms with Crippen LogP contribution in [0.5, 0.6) is 0 Å². The first kappa shape index (κ1) is 9.13. The maximum atomic E-state index is 12.0. The summed E-state index contributed by atoms with van der Waals surface area (Å²) in [7, 11) is 0. The molecule has 0 spiro atoms. The van der Waals surface area contributed by atoms with Gasteiger partial charge in [-0.1, -0.05) is 0 Å². The van der Waals surface area contributed by atoms with Gasteiger partial charge in [-0.15, -0.1) is 0 Å². The Morgan fingerprint density at radius 2 is 2.08 bits per heavy atom. The summed E-state index contributed by atoms with van der Waals surface area (Å²) in [6.45, 7) is 0. The number of aromatic nitrogens is 1. The Balaban J connectivity index is 3.19. The number of rotatable bonds is 0. The number of nitriles is 1. The average molecular weight is 239 g/mol. The Morgan fingerprint density at radius 1 is 1.50 bits per heavy atom. The van der Waals surface area contributed by atoms with Gasteiger partial charge in [-0.3, -0.25) is 3.59 Å². The molecule has 0 aromatic carbocycles. The van der Waals surface area contributed by atoms with Crippen molar-refractivity contribution in [3.63, 3.8) is 0 Å². The lowest BCUT2D eigenvalue weighted by atomic mass is 10.3. The van der Waals surface area contributed by atoms with Crippen molar-refractivity contribution in [2.75, 3.05) is 0 Å². The van der Waals surface area contributed by atoms with Gasteiger partial charge in [0.1, 0.15) is 11.8 Å². The number of nitrogens with zero attached hydrogens (tertiary/aromatic N) is 2. The summed E-state index contributed by atoms with van der Waals surface area (Å²) >= 11 is 2.64. The van der Waals surface area contributed by atoms with Crippen molar-refractivity contribution < 1.29 is 13.2 Å². The molecule has 0 saturated carbocycles. The highest BCUT2D eigenvalue weighted by Gasteiger charge is 2.34. The zero-order valence-corrected chi connectivity index (χ0v) is 7.15. The SMILES string of the molecule is N#Cc1cc(C(F)(F)F)n(Br)c1. The van der Waals surface area contributed by atoms with E-state index in [0.717, 1.165) is 12.3 Å². The van der Waals surface area contributed by atoms with Crippen molar-refractivity contribution in [3.05, 3.63) is 23.5 Å². The smallest absolute Gasteiger partial charge is 0.278 e. The number of hydrogen-bond donors (Lipinski definition) is 0. The van der Waals surface area contributed by atoms with Crippen molar-refractivity contribution in [1.29, 1.82) is 5.26 Å². The third kappa shape index (κ3) is 1.61. The zero-order chi connectivity index (χ0) is 9.35. The van der Waals surface area contributed by atoms with E-state index in [1.54, 1.807) is 6.07 Å². The fraction of sp³-hybridized carbons (Fsp3) is 0.167. The summed E-state index contributed by atoms with van der Waals surface area (Å²) in [5, 5.41) is 8.29. The fourth-order valence-electron chi connectivity index (χ4n) is 0.702. The van der Waals surface area contributed by atoms with Gasteiger partial charge in [0.2, 0.25) is 0 Å². The third-order valence-corrected chi connectivity index (χ3v) is 1.78. The van der Waals surface area contributed by atoms with Gasteiger partial charge in [0.15, 0.2) is 0 Å². The topological polar surface area (TPSA) is 28.7 Å². The second-order valence-corrected chi connectivity index (χ2v) is 2.80. The molecule has 0 N–H and O–H groups in total. The van der Waals surface area contributed by atoms with Gasteiger partial charge in [0, 0.05) is 6.20 Å². The van der Waals surface area contributed by atoms with Crippen molar-refractivity contribution in [3.8, 4) is 6.07 Å². The second-order valence-electron chi connectivity index (χ2n) is 2.03. The lowest BCUT2D eigenvalue weighted by molar-refractivity contribution is -0.141. The molecule has 0 bridgehead atoms. The summed E-state index contributed by atoms with van der Waals surface area (Å²) < 4.78 is 36.8. The summed E-state index contributed by atoms with van der Waals surface area (Å²) in [6.07, 6.45) is -3.37. The van der Waals surface area contributed by atoms with Gasteiger partial charge >= 0.3 is 6.18 Å². The van der Waals surface area contributed by atoms with E-state index in [-0.39, 0.29) is 5.56 Å². The Hall–Kier alpha value is -0.960. The van der Waals surface area contributed by atoms with Crippen molar-refractivity contribution in [2.45, 2.75) is 6.18 Å². The molecule has 0 aliphatic carbocycles. The summed E-state index contributed by atoms with van der Waals surface area (Å²) in [5.74, 6) is 0. The molecule has 0 aliphatic heterocycles. The van der Waals surface area contributed by atoms with Crippen molar-refractivity contribution in [2.24, 2.45) is 0 Å². The van der Waals surface area contributed by atoms with Crippen molar-refractivity contribution >= 4 is 16.1 Å². The highest BCUT2D eigenvalue weighted by Crippen LogP contribution is 2.31. The standard InChI is InChI=1S/C6H2BrF3N2/c7-12-3-4(2-11)1-5(12)6(8,9)10/h1,3H. The zero-order valence-electron chi connectivity index (χ0n) is 5.56. The number of hydrogen-bond acceptors (Lipinski definition) is 1. The molecule has 0 atom stereocenters. The molecule has 0 radical (unpaired) electrons. The van der Waals surface area contributed by atoms with Crippen LogP contribution < -0.4 is 0 Å². The highest BCUT2D eigenvalue weighted by atomic mass is 79.9. The van der Waals surface area contributed by atoms with Crippen LogP contribution in [0.25, 0.3) is 0 Å². The molecule has 1 rings (SSSR count). The van der Waals surface area contributed by atoms with E-state index in [1.165, 1.54) is 0 Å². The van der Waals surface area contributed by atoms with Gasteiger partial charge in [-0.25, -0.2) is 0 Å². The van der Waals surface area contributed by atoms with Crippen LogP contribution in [0, 0.1) is 11.3 Å². The normalized spacial score (nSPS) is 11.2. The first-order chi connectivity index (χ1) is 5.45. The minimum atomic E-state index is -4.43. The first-order valence-electron chi connectivity index (χ1n) is 2.81. The minimum absolute atomic E-state index is 0.0285. The molecule has 6 heteroatoms. The van der Waals surface area contributed by atoms with Crippen molar-refractivity contribution in [1.82, 2.24) is 3.59 Å². The molecular formula is C6H2BrF3N2. The molecule has 0 unspecified atom stereocenters. The molecule has 0 aliphatic rings. The quantitative estimate of drug-likeness (QED) is 0.683. The molecule has 1 aromatic rings. The Kier molecular flexibility index (Phi) is 2.15. The number of halogens is 4. The summed E-state index contributed by atoms with van der Waals surface area (Å²) in [6, 6.07) is 2.38. The van der Waals surface area contributed by atoms with Gasteiger partial charge in [-0.2, -0.15) is 18.4 Å². The largest absolute Gasteiger partial charge is 0.432 e. The van der Waals surface area contributed by atoms with Gasteiger partial charge in [0.25, 0.3) is 0 Å². The molecule has 12 heavy (non-hydrogen) atoms. The summed E-state index contributed by atoms with van der Waals surface area (Å²) in [5.41, 5.74) is -0.918. The monoisotopic (exact) mass is 238 g/mol. The Morgan fingerprint density at radius 3 is 2.33 bits per heavy atom. The lowest BCUT2D eigenvalue weighted by Crippen LogP contribution is -2.07. The van der Waals surface area contributed by atoms with E-state index in [1.807, 2.05) is 0 Å². The predicted molar refractivity (Wildman–Crippen MR) is 38.5 cm³/mol. The minimum Gasteiger partial charge on any atom is -0.278 e. The maximum Gasteiger partial charge on any atom is 0.432 e. The van der Waals surface area contributed by atoms with Crippen LogP contribution in [0.4, 0.5) is 13.2 Å². The van der Waals surface area contributed by atoms with Crippen LogP contribution in [-0.4, -0.2) is 3.59 Å². The van der Waals surface area contributed by atoms with Gasteiger partial charge < -0.3 is 0 Å².